The summed E-state index contributed by atoms with van der Waals surface area (Å²) in [6, 6.07) is 13.5. The molecule has 0 radical (unpaired) electrons. The molecule has 1 N–H and O–H groups in total. The molecule has 0 saturated carbocycles. The van der Waals surface area contributed by atoms with E-state index in [-0.39, 0.29) is 18.5 Å². The van der Waals surface area contributed by atoms with Gasteiger partial charge in [-0.15, -0.1) is 16.4 Å². The third-order valence-corrected chi connectivity index (χ3v) is 5.31. The number of hydrogen-bond acceptors (Lipinski definition) is 6. The van der Waals surface area contributed by atoms with Gasteiger partial charge in [-0.2, -0.15) is 4.98 Å². The fourth-order valence-electron chi connectivity index (χ4n) is 3.17. The normalized spacial score (nSPS) is 10.9. The van der Waals surface area contributed by atoms with Gasteiger partial charge >= 0.3 is 0 Å². The standard InChI is InChI=1S/C22H22N4O3S/c1-4-28-18-7-5-6-8-19(18)29-12-20(27)23-21-24-22-26(25-21)17(13-30-22)16-10-9-14(2)11-15(16)3/h5-11,13H,4,12H2,1-3H3,(H,23,25,27). The number of nitrogens with one attached hydrogen (secondary N) is 1. The number of anilines is 1. The molecule has 0 unspecified atom stereocenters. The topological polar surface area (TPSA) is 77.8 Å². The highest BCUT2D eigenvalue weighted by Gasteiger charge is 2.15. The van der Waals surface area contributed by atoms with Gasteiger partial charge in [0.2, 0.25) is 4.96 Å². The van der Waals surface area contributed by atoms with Crippen LogP contribution in [0.25, 0.3) is 16.2 Å². The van der Waals surface area contributed by atoms with Gasteiger partial charge in [0.15, 0.2) is 18.1 Å². The summed E-state index contributed by atoms with van der Waals surface area (Å²) in [6.07, 6.45) is 0. The Kier molecular flexibility index (Phi) is 5.67. The Hall–Kier alpha value is -3.39. The van der Waals surface area contributed by atoms with Gasteiger partial charge in [-0.05, 0) is 38.5 Å². The third-order valence-electron chi connectivity index (χ3n) is 4.50. The van der Waals surface area contributed by atoms with E-state index in [2.05, 4.69) is 47.4 Å². The summed E-state index contributed by atoms with van der Waals surface area (Å²) in [5.74, 6) is 1.03. The SMILES string of the molecule is CCOc1ccccc1OCC(=O)Nc1nc2scc(-c3ccc(C)cc3C)n2n1. The van der Waals surface area contributed by atoms with Gasteiger partial charge in [0.1, 0.15) is 0 Å². The smallest absolute Gasteiger partial charge is 0.264 e. The average Bonchev–Trinajstić information content (AvgIpc) is 3.28. The van der Waals surface area contributed by atoms with Crippen LogP contribution in [0.15, 0.2) is 47.8 Å². The van der Waals surface area contributed by atoms with Crippen LogP contribution in [0.3, 0.4) is 0 Å². The monoisotopic (exact) mass is 422 g/mol. The minimum Gasteiger partial charge on any atom is -0.490 e. The predicted octanol–water partition coefficient (Wildman–Crippen LogP) is 4.49. The number of benzene rings is 2. The fourth-order valence-corrected chi connectivity index (χ4v) is 3.99. The van der Waals surface area contributed by atoms with Crippen LogP contribution < -0.4 is 14.8 Å². The zero-order valence-corrected chi connectivity index (χ0v) is 17.8. The number of fused-ring (bicyclic) bond motifs is 1. The second-order valence-electron chi connectivity index (χ2n) is 6.79. The van der Waals surface area contributed by atoms with Gasteiger partial charge in [-0.1, -0.05) is 35.9 Å². The summed E-state index contributed by atoms with van der Waals surface area (Å²) in [4.78, 5) is 17.5. The van der Waals surface area contributed by atoms with E-state index in [0.29, 0.717) is 23.1 Å². The van der Waals surface area contributed by atoms with Crippen LogP contribution in [0.2, 0.25) is 0 Å². The van der Waals surface area contributed by atoms with Crippen molar-refractivity contribution in [3.05, 3.63) is 59.0 Å². The van der Waals surface area contributed by atoms with Gasteiger partial charge < -0.3 is 9.47 Å². The first kappa shape index (κ1) is 19.9. The minimum absolute atomic E-state index is 0.166. The van der Waals surface area contributed by atoms with E-state index < -0.39 is 0 Å². The number of nitrogens with zero attached hydrogens (tertiary/aromatic N) is 3. The van der Waals surface area contributed by atoms with Gasteiger partial charge in [-0.3, -0.25) is 10.1 Å². The molecule has 0 bridgehead atoms. The van der Waals surface area contributed by atoms with E-state index in [1.807, 2.05) is 24.4 Å². The molecule has 4 rings (SSSR count). The summed E-state index contributed by atoms with van der Waals surface area (Å²) in [7, 11) is 0. The molecule has 0 aliphatic carbocycles. The van der Waals surface area contributed by atoms with Crippen LogP contribution in [0.5, 0.6) is 11.5 Å². The number of carbonyl (C=O) groups excluding carboxylic acids is 1. The Labute approximate surface area is 178 Å². The number of rotatable bonds is 7. The number of thiazole rings is 1. The quantitative estimate of drug-likeness (QED) is 0.475. The molecule has 4 aromatic rings. The van der Waals surface area contributed by atoms with Crippen LogP contribution in [-0.4, -0.2) is 33.7 Å². The lowest BCUT2D eigenvalue weighted by atomic mass is 10.0. The van der Waals surface area contributed by atoms with Crippen molar-refractivity contribution in [1.29, 1.82) is 0 Å². The number of aromatic nitrogens is 3. The molecule has 0 fully saturated rings. The highest BCUT2D eigenvalue weighted by Crippen LogP contribution is 2.29. The molecule has 2 heterocycles. The van der Waals surface area contributed by atoms with Gasteiger partial charge in [0.05, 0.1) is 12.3 Å². The van der Waals surface area contributed by atoms with E-state index in [4.69, 9.17) is 9.47 Å². The van der Waals surface area contributed by atoms with Crippen molar-refractivity contribution in [2.24, 2.45) is 0 Å². The zero-order valence-electron chi connectivity index (χ0n) is 17.0. The molecule has 154 valence electrons. The van der Waals surface area contributed by atoms with E-state index >= 15 is 0 Å². The molecule has 1 amide bonds. The molecule has 0 aliphatic heterocycles. The third kappa shape index (κ3) is 4.13. The fraction of sp³-hybridized carbons (Fsp3) is 0.227. The first-order valence-corrected chi connectivity index (χ1v) is 10.5. The maximum atomic E-state index is 12.3. The molecule has 0 atom stereocenters. The number of carbonyl (C=O) groups is 1. The number of ether oxygens (including phenoxy) is 2. The van der Waals surface area contributed by atoms with Crippen LogP contribution in [0, 0.1) is 13.8 Å². The van der Waals surface area contributed by atoms with Crippen molar-refractivity contribution in [3.63, 3.8) is 0 Å². The molecule has 0 saturated heterocycles. The predicted molar refractivity (Wildman–Crippen MR) is 118 cm³/mol. The second-order valence-corrected chi connectivity index (χ2v) is 7.62. The lowest BCUT2D eigenvalue weighted by Crippen LogP contribution is -2.21. The lowest BCUT2D eigenvalue weighted by Gasteiger charge is -2.10. The minimum atomic E-state index is -0.340. The molecule has 0 spiro atoms. The van der Waals surface area contributed by atoms with Gasteiger partial charge in [0.25, 0.3) is 11.9 Å². The van der Waals surface area contributed by atoms with Crippen molar-refractivity contribution in [2.75, 3.05) is 18.5 Å². The Morgan fingerprint density at radius 3 is 2.63 bits per heavy atom. The highest BCUT2D eigenvalue weighted by molar-refractivity contribution is 7.15. The lowest BCUT2D eigenvalue weighted by molar-refractivity contribution is -0.118. The molecule has 8 heteroatoms. The zero-order chi connectivity index (χ0) is 21.1. The van der Waals surface area contributed by atoms with Crippen LogP contribution >= 0.6 is 11.3 Å². The van der Waals surface area contributed by atoms with E-state index in [9.17, 15) is 4.79 Å². The van der Waals surface area contributed by atoms with E-state index in [0.717, 1.165) is 16.8 Å². The van der Waals surface area contributed by atoms with Crippen LogP contribution in [0.4, 0.5) is 5.95 Å². The van der Waals surface area contributed by atoms with Crippen LogP contribution in [-0.2, 0) is 4.79 Å². The van der Waals surface area contributed by atoms with Crippen LogP contribution in [0.1, 0.15) is 18.1 Å². The largest absolute Gasteiger partial charge is 0.490 e. The average molecular weight is 423 g/mol. The maximum absolute atomic E-state index is 12.3. The van der Waals surface area contributed by atoms with Crippen molar-refractivity contribution < 1.29 is 14.3 Å². The maximum Gasteiger partial charge on any atom is 0.264 e. The molecule has 30 heavy (non-hydrogen) atoms. The Bertz CT molecular complexity index is 1200. The number of amides is 1. The molecule has 7 nitrogen and oxygen atoms in total. The Morgan fingerprint density at radius 1 is 1.13 bits per heavy atom. The number of aryl methyl sites for hydroxylation is 2. The molecule has 2 aromatic heterocycles. The van der Waals surface area contributed by atoms with E-state index in [1.165, 1.54) is 16.9 Å². The first-order chi connectivity index (χ1) is 14.5. The summed E-state index contributed by atoms with van der Waals surface area (Å²) in [5, 5.41) is 9.18. The van der Waals surface area contributed by atoms with E-state index in [1.54, 1.807) is 16.6 Å². The molecule has 0 aliphatic rings. The van der Waals surface area contributed by atoms with Gasteiger partial charge in [-0.25, -0.2) is 4.52 Å². The molecular formula is C22H22N4O3S. The first-order valence-electron chi connectivity index (χ1n) is 9.61. The summed E-state index contributed by atoms with van der Waals surface area (Å²) in [5.41, 5.74) is 4.41. The van der Waals surface area contributed by atoms with Crippen molar-refractivity contribution in [3.8, 4) is 22.8 Å². The van der Waals surface area contributed by atoms with Crippen molar-refractivity contribution in [1.82, 2.24) is 14.6 Å². The molecule has 2 aromatic carbocycles. The summed E-state index contributed by atoms with van der Waals surface area (Å²) >= 11 is 1.48. The summed E-state index contributed by atoms with van der Waals surface area (Å²) < 4.78 is 12.9. The number of hydrogen-bond donors (Lipinski definition) is 1. The van der Waals surface area contributed by atoms with Crippen molar-refractivity contribution >= 4 is 28.2 Å². The van der Waals surface area contributed by atoms with Crippen molar-refractivity contribution in [2.45, 2.75) is 20.8 Å². The number of para-hydroxylation sites is 2. The second kappa shape index (κ2) is 8.54. The Morgan fingerprint density at radius 2 is 1.90 bits per heavy atom. The summed E-state index contributed by atoms with van der Waals surface area (Å²) in [6.45, 7) is 6.39. The highest BCUT2D eigenvalue weighted by atomic mass is 32.1. The Balaban J connectivity index is 1.47. The van der Waals surface area contributed by atoms with Gasteiger partial charge in [0, 0.05) is 10.9 Å². The molecular weight excluding hydrogens is 400 g/mol.